The average molecular weight is 312 g/mol. The summed E-state index contributed by atoms with van der Waals surface area (Å²) in [5, 5.41) is 0. The van der Waals surface area contributed by atoms with Crippen LogP contribution in [0.4, 0.5) is 0 Å². The van der Waals surface area contributed by atoms with Crippen LogP contribution in [-0.4, -0.2) is 9.55 Å². The number of halogens is 1. The molecule has 0 saturated carbocycles. The van der Waals surface area contributed by atoms with E-state index < -0.39 is 0 Å². The molecule has 0 amide bonds. The van der Waals surface area contributed by atoms with Gasteiger partial charge in [-0.1, -0.05) is 0 Å². The third-order valence-electron chi connectivity index (χ3n) is 3.17. The lowest BCUT2D eigenvalue weighted by molar-refractivity contribution is 0.417. The summed E-state index contributed by atoms with van der Waals surface area (Å²) in [6, 6.07) is 4.26. The van der Waals surface area contributed by atoms with Crippen LogP contribution in [0.2, 0.25) is 0 Å². The van der Waals surface area contributed by atoms with Gasteiger partial charge in [-0.15, -0.1) is 11.3 Å². The van der Waals surface area contributed by atoms with Gasteiger partial charge >= 0.3 is 0 Å². The maximum atomic E-state index is 6.21. The first-order chi connectivity index (χ1) is 8.16. The second kappa shape index (κ2) is 4.23. The van der Waals surface area contributed by atoms with E-state index in [1.54, 1.807) is 11.3 Å². The molecule has 90 valence electrons. The van der Waals surface area contributed by atoms with E-state index in [1.165, 1.54) is 15.4 Å². The number of fused-ring (bicyclic) bond motifs is 1. The molecule has 0 spiro atoms. The van der Waals surface area contributed by atoms with Crippen molar-refractivity contribution in [1.29, 1.82) is 0 Å². The van der Waals surface area contributed by atoms with Crippen molar-refractivity contribution in [3.63, 3.8) is 0 Å². The van der Waals surface area contributed by atoms with Gasteiger partial charge in [-0.3, -0.25) is 0 Å². The van der Waals surface area contributed by atoms with Gasteiger partial charge in [0.05, 0.1) is 16.7 Å². The average Bonchev–Trinajstić information content (AvgIpc) is 2.85. The predicted molar refractivity (Wildman–Crippen MR) is 74.1 cm³/mol. The molecule has 17 heavy (non-hydrogen) atoms. The van der Waals surface area contributed by atoms with E-state index in [2.05, 4.69) is 44.5 Å². The van der Waals surface area contributed by atoms with Gasteiger partial charge in [-0.05, 0) is 54.2 Å². The molecule has 1 atom stereocenters. The molecule has 2 N–H and O–H groups in total. The largest absolute Gasteiger partial charge is 0.311 e. The smallest absolute Gasteiger partial charge is 0.152 e. The van der Waals surface area contributed by atoms with Crippen molar-refractivity contribution in [2.24, 2.45) is 5.73 Å². The van der Waals surface area contributed by atoms with E-state index in [-0.39, 0.29) is 6.17 Å². The van der Waals surface area contributed by atoms with Crippen LogP contribution in [0.1, 0.15) is 29.6 Å². The summed E-state index contributed by atoms with van der Waals surface area (Å²) < 4.78 is 3.15. The van der Waals surface area contributed by atoms with Crippen LogP contribution in [0.25, 0.3) is 10.7 Å². The van der Waals surface area contributed by atoms with Crippen molar-refractivity contribution in [1.82, 2.24) is 9.55 Å². The molecule has 0 aromatic carbocycles. The summed E-state index contributed by atoms with van der Waals surface area (Å²) >= 11 is 5.32. The Morgan fingerprint density at radius 1 is 1.53 bits per heavy atom. The lowest BCUT2D eigenvalue weighted by Crippen LogP contribution is -2.25. The van der Waals surface area contributed by atoms with Gasteiger partial charge in [0, 0.05) is 4.88 Å². The van der Waals surface area contributed by atoms with Crippen LogP contribution in [0.15, 0.2) is 16.7 Å². The van der Waals surface area contributed by atoms with Crippen LogP contribution in [0.5, 0.6) is 0 Å². The Labute approximate surface area is 113 Å². The summed E-state index contributed by atoms with van der Waals surface area (Å²) in [5.74, 6) is 1.01. The molecule has 1 aliphatic heterocycles. The summed E-state index contributed by atoms with van der Waals surface area (Å²) in [6.07, 6.45) is 3.31. The SMILES string of the molecule is Cc1ccc(-c2nc(Br)c3n2C(N)CCC3)s1. The molecular weight excluding hydrogens is 298 g/mol. The third kappa shape index (κ3) is 1.86. The van der Waals surface area contributed by atoms with Gasteiger partial charge in [0.1, 0.15) is 4.60 Å². The number of rotatable bonds is 1. The fourth-order valence-corrected chi connectivity index (χ4v) is 3.77. The molecule has 0 bridgehead atoms. The monoisotopic (exact) mass is 311 g/mol. The first-order valence-corrected chi connectivity index (χ1v) is 7.37. The van der Waals surface area contributed by atoms with E-state index in [4.69, 9.17) is 5.73 Å². The Balaban J connectivity index is 2.18. The Morgan fingerprint density at radius 2 is 2.35 bits per heavy atom. The van der Waals surface area contributed by atoms with Crippen molar-refractivity contribution >= 4 is 27.3 Å². The van der Waals surface area contributed by atoms with E-state index in [1.807, 2.05) is 0 Å². The van der Waals surface area contributed by atoms with Crippen LogP contribution >= 0.6 is 27.3 Å². The van der Waals surface area contributed by atoms with Crippen LogP contribution in [0.3, 0.4) is 0 Å². The Kier molecular flexibility index (Phi) is 2.84. The number of aryl methyl sites for hydroxylation is 1. The highest BCUT2D eigenvalue weighted by atomic mass is 79.9. The second-order valence-electron chi connectivity index (χ2n) is 4.41. The molecule has 3 rings (SSSR count). The summed E-state index contributed by atoms with van der Waals surface area (Å²) in [6.45, 7) is 2.11. The van der Waals surface area contributed by atoms with E-state index in [0.29, 0.717) is 0 Å². The van der Waals surface area contributed by atoms with Crippen molar-refractivity contribution in [2.45, 2.75) is 32.4 Å². The molecule has 1 aliphatic rings. The first kappa shape index (κ1) is 11.4. The number of hydrogen-bond acceptors (Lipinski definition) is 3. The lowest BCUT2D eigenvalue weighted by atomic mass is 10.1. The van der Waals surface area contributed by atoms with E-state index in [9.17, 15) is 0 Å². The number of nitrogens with two attached hydrogens (primary N) is 1. The van der Waals surface area contributed by atoms with Crippen molar-refractivity contribution in [2.75, 3.05) is 0 Å². The van der Waals surface area contributed by atoms with Crippen molar-refractivity contribution in [3.05, 3.63) is 27.3 Å². The van der Waals surface area contributed by atoms with Gasteiger partial charge in [0.25, 0.3) is 0 Å². The van der Waals surface area contributed by atoms with Gasteiger partial charge in [0.2, 0.25) is 0 Å². The fraction of sp³-hybridized carbons (Fsp3) is 0.417. The second-order valence-corrected chi connectivity index (χ2v) is 6.45. The Hall–Kier alpha value is -0.650. The molecule has 0 aliphatic carbocycles. The maximum absolute atomic E-state index is 6.21. The highest BCUT2D eigenvalue weighted by Crippen LogP contribution is 2.36. The fourth-order valence-electron chi connectivity index (χ4n) is 2.36. The lowest BCUT2D eigenvalue weighted by Gasteiger charge is -2.23. The minimum absolute atomic E-state index is 0.0648. The van der Waals surface area contributed by atoms with Crippen LogP contribution < -0.4 is 5.73 Å². The maximum Gasteiger partial charge on any atom is 0.152 e. The number of nitrogens with zero attached hydrogens (tertiary/aromatic N) is 2. The minimum atomic E-state index is 0.0648. The quantitative estimate of drug-likeness (QED) is 0.876. The standard InChI is InChI=1S/C12H14BrN3S/c1-7-5-6-9(17-7)12-15-11(13)8-3-2-4-10(14)16(8)12/h5-6,10H,2-4,14H2,1H3. The number of imidazole rings is 1. The number of hydrogen-bond donors (Lipinski definition) is 1. The highest BCUT2D eigenvalue weighted by molar-refractivity contribution is 9.10. The minimum Gasteiger partial charge on any atom is -0.311 e. The van der Waals surface area contributed by atoms with Gasteiger partial charge < -0.3 is 10.3 Å². The van der Waals surface area contributed by atoms with Crippen molar-refractivity contribution in [3.8, 4) is 10.7 Å². The molecular formula is C12H14BrN3S. The molecule has 0 fully saturated rings. The Bertz CT molecular complexity index is 558. The van der Waals surface area contributed by atoms with Crippen LogP contribution in [-0.2, 0) is 6.42 Å². The predicted octanol–water partition coefficient (Wildman–Crippen LogP) is 3.48. The molecule has 2 aromatic heterocycles. The zero-order valence-corrected chi connectivity index (χ0v) is 12.0. The summed E-state index contributed by atoms with van der Waals surface area (Å²) in [7, 11) is 0. The zero-order chi connectivity index (χ0) is 12.0. The normalized spacial score (nSPS) is 19.4. The molecule has 3 nitrogen and oxygen atoms in total. The summed E-state index contributed by atoms with van der Waals surface area (Å²) in [5.41, 5.74) is 7.45. The van der Waals surface area contributed by atoms with E-state index >= 15 is 0 Å². The number of aromatic nitrogens is 2. The topological polar surface area (TPSA) is 43.8 Å². The molecule has 5 heteroatoms. The van der Waals surface area contributed by atoms with Gasteiger partial charge in [0.15, 0.2) is 5.82 Å². The molecule has 1 unspecified atom stereocenters. The molecule has 3 heterocycles. The Morgan fingerprint density at radius 3 is 3.06 bits per heavy atom. The molecule has 0 saturated heterocycles. The third-order valence-corrected chi connectivity index (χ3v) is 4.80. The van der Waals surface area contributed by atoms with Gasteiger partial charge in [-0.2, -0.15) is 0 Å². The molecule has 2 aromatic rings. The van der Waals surface area contributed by atoms with E-state index in [0.717, 1.165) is 29.7 Å². The highest BCUT2D eigenvalue weighted by Gasteiger charge is 2.24. The zero-order valence-electron chi connectivity index (χ0n) is 9.61. The van der Waals surface area contributed by atoms with Gasteiger partial charge in [-0.25, -0.2) is 4.98 Å². The van der Waals surface area contributed by atoms with Crippen LogP contribution in [0, 0.1) is 6.92 Å². The number of thiophene rings is 1. The van der Waals surface area contributed by atoms with Crippen molar-refractivity contribution < 1.29 is 0 Å². The summed E-state index contributed by atoms with van der Waals surface area (Å²) in [4.78, 5) is 7.14. The molecule has 0 radical (unpaired) electrons. The first-order valence-electron chi connectivity index (χ1n) is 5.76.